The van der Waals surface area contributed by atoms with Crippen molar-refractivity contribution in [1.29, 1.82) is 0 Å². The Morgan fingerprint density at radius 3 is 2.81 bits per heavy atom. The number of pyridine rings is 1. The summed E-state index contributed by atoms with van der Waals surface area (Å²) >= 11 is 0. The Morgan fingerprint density at radius 1 is 1.19 bits per heavy atom. The summed E-state index contributed by atoms with van der Waals surface area (Å²) in [6, 6.07) is 6.00. The fourth-order valence-corrected chi connectivity index (χ4v) is 3.46. The lowest BCUT2D eigenvalue weighted by Gasteiger charge is -2.20. The molecule has 0 radical (unpaired) electrons. The summed E-state index contributed by atoms with van der Waals surface area (Å²) in [7, 11) is 0. The second kappa shape index (κ2) is 6.86. The van der Waals surface area contributed by atoms with Crippen molar-refractivity contribution < 1.29 is 13.9 Å². The van der Waals surface area contributed by atoms with E-state index in [0.717, 1.165) is 53.4 Å². The Balaban J connectivity index is 1.71. The summed E-state index contributed by atoms with van der Waals surface area (Å²) in [5.41, 5.74) is 4.62. The Labute approximate surface area is 151 Å². The molecule has 2 aromatic heterocycles. The van der Waals surface area contributed by atoms with E-state index in [1.165, 1.54) is 0 Å². The predicted octanol–water partition coefficient (Wildman–Crippen LogP) is 3.72. The van der Waals surface area contributed by atoms with E-state index in [9.17, 15) is 4.79 Å². The largest absolute Gasteiger partial charge is 0.452 e. The van der Waals surface area contributed by atoms with Crippen molar-refractivity contribution in [2.45, 2.75) is 52.6 Å². The third kappa shape index (κ3) is 3.07. The molecular weight excluding hydrogens is 330 g/mol. The van der Waals surface area contributed by atoms with Gasteiger partial charge in [-0.2, -0.15) is 0 Å². The monoisotopic (exact) mass is 351 g/mol. The molecule has 6 nitrogen and oxygen atoms in total. The van der Waals surface area contributed by atoms with Crippen LogP contribution in [0.1, 0.15) is 58.7 Å². The molecular formula is C20H21N3O3. The molecule has 0 spiro atoms. The summed E-state index contributed by atoms with van der Waals surface area (Å²) in [5, 5.41) is 8.67. The number of esters is 1. The van der Waals surface area contributed by atoms with Crippen LogP contribution in [0.25, 0.3) is 10.9 Å². The molecule has 0 N–H and O–H groups in total. The van der Waals surface area contributed by atoms with E-state index in [1.54, 1.807) is 0 Å². The number of aryl methyl sites for hydroxylation is 3. The smallest absolute Gasteiger partial charge is 0.339 e. The van der Waals surface area contributed by atoms with Crippen molar-refractivity contribution in [3.8, 4) is 0 Å². The van der Waals surface area contributed by atoms with Crippen molar-refractivity contribution in [2.75, 3.05) is 0 Å². The molecule has 0 fully saturated rings. The minimum atomic E-state index is -0.350. The van der Waals surface area contributed by atoms with Crippen LogP contribution in [0.4, 0.5) is 0 Å². The number of nitrogens with zero attached hydrogens (tertiary/aromatic N) is 3. The molecule has 0 saturated heterocycles. The van der Waals surface area contributed by atoms with E-state index < -0.39 is 0 Å². The SMILES string of the molecule is CCc1nnc(COC(=O)c2c3c(nc4ccc(C)cc24)CCCC3)o1. The number of carbonyl (C=O) groups is 1. The molecule has 0 aliphatic heterocycles. The first-order valence-corrected chi connectivity index (χ1v) is 9.06. The molecule has 134 valence electrons. The molecule has 0 amide bonds. The molecule has 1 aliphatic rings. The third-order valence-corrected chi connectivity index (χ3v) is 4.76. The predicted molar refractivity (Wildman–Crippen MR) is 95.9 cm³/mol. The normalized spacial score (nSPS) is 13.6. The summed E-state index contributed by atoms with van der Waals surface area (Å²) in [4.78, 5) is 17.7. The van der Waals surface area contributed by atoms with Crippen LogP contribution < -0.4 is 0 Å². The summed E-state index contributed by atoms with van der Waals surface area (Å²) < 4.78 is 10.9. The van der Waals surface area contributed by atoms with E-state index in [-0.39, 0.29) is 12.6 Å². The Hall–Kier alpha value is -2.76. The number of hydrogen-bond acceptors (Lipinski definition) is 6. The molecule has 1 aromatic carbocycles. The minimum absolute atomic E-state index is 0.0176. The topological polar surface area (TPSA) is 78.1 Å². The van der Waals surface area contributed by atoms with Crippen LogP contribution in [0.3, 0.4) is 0 Å². The highest BCUT2D eigenvalue weighted by molar-refractivity contribution is 6.05. The van der Waals surface area contributed by atoms with Gasteiger partial charge in [-0.25, -0.2) is 4.79 Å². The highest BCUT2D eigenvalue weighted by Crippen LogP contribution is 2.30. The summed E-state index contributed by atoms with van der Waals surface area (Å²) in [6.07, 6.45) is 4.59. The van der Waals surface area contributed by atoms with Gasteiger partial charge in [-0.1, -0.05) is 18.6 Å². The lowest BCUT2D eigenvalue weighted by atomic mass is 9.89. The van der Waals surface area contributed by atoms with Gasteiger partial charge in [-0.3, -0.25) is 4.98 Å². The quantitative estimate of drug-likeness (QED) is 0.667. The highest BCUT2D eigenvalue weighted by Gasteiger charge is 2.24. The molecule has 0 saturated carbocycles. The molecule has 6 heteroatoms. The molecule has 1 aliphatic carbocycles. The van der Waals surface area contributed by atoms with Gasteiger partial charge in [-0.05, 0) is 50.3 Å². The maximum Gasteiger partial charge on any atom is 0.339 e. The lowest BCUT2D eigenvalue weighted by Crippen LogP contribution is -2.15. The van der Waals surface area contributed by atoms with E-state index in [1.807, 2.05) is 32.0 Å². The number of benzene rings is 1. The number of carbonyl (C=O) groups excluding carboxylic acids is 1. The first kappa shape index (κ1) is 16.7. The fraction of sp³-hybridized carbons (Fsp3) is 0.400. The zero-order valence-electron chi connectivity index (χ0n) is 15.0. The van der Waals surface area contributed by atoms with E-state index in [0.29, 0.717) is 23.8 Å². The van der Waals surface area contributed by atoms with Crippen molar-refractivity contribution >= 4 is 16.9 Å². The zero-order chi connectivity index (χ0) is 18.1. The zero-order valence-corrected chi connectivity index (χ0v) is 15.0. The Kier molecular flexibility index (Phi) is 4.41. The van der Waals surface area contributed by atoms with Crippen LogP contribution in [0.2, 0.25) is 0 Å². The second-order valence-electron chi connectivity index (χ2n) is 6.66. The van der Waals surface area contributed by atoms with Crippen molar-refractivity contribution in [3.63, 3.8) is 0 Å². The number of aromatic nitrogens is 3. The van der Waals surface area contributed by atoms with Gasteiger partial charge in [0, 0.05) is 17.5 Å². The first-order chi connectivity index (χ1) is 12.7. The fourth-order valence-electron chi connectivity index (χ4n) is 3.46. The molecule has 0 atom stereocenters. The number of fused-ring (bicyclic) bond motifs is 2. The molecule has 26 heavy (non-hydrogen) atoms. The van der Waals surface area contributed by atoms with Gasteiger partial charge in [0.2, 0.25) is 5.89 Å². The van der Waals surface area contributed by atoms with E-state index >= 15 is 0 Å². The molecule has 0 unspecified atom stereocenters. The standard InChI is InChI=1S/C20H21N3O3/c1-3-17-22-23-18(26-17)11-25-20(24)19-13-6-4-5-7-15(13)21-16-9-8-12(2)10-14(16)19/h8-10H,3-7,11H2,1-2H3. The first-order valence-electron chi connectivity index (χ1n) is 9.06. The van der Waals surface area contributed by atoms with E-state index in [2.05, 4.69) is 10.2 Å². The van der Waals surface area contributed by atoms with Crippen molar-refractivity contribution in [2.24, 2.45) is 0 Å². The van der Waals surface area contributed by atoms with Crippen LogP contribution in [0, 0.1) is 6.92 Å². The maximum absolute atomic E-state index is 13.0. The summed E-state index contributed by atoms with van der Waals surface area (Å²) in [5.74, 6) is 0.509. The van der Waals surface area contributed by atoms with Gasteiger partial charge in [0.15, 0.2) is 6.61 Å². The average molecular weight is 351 g/mol. The van der Waals surface area contributed by atoms with Gasteiger partial charge in [0.05, 0.1) is 11.1 Å². The average Bonchev–Trinajstić information content (AvgIpc) is 3.12. The van der Waals surface area contributed by atoms with Gasteiger partial charge in [0.1, 0.15) is 0 Å². The van der Waals surface area contributed by atoms with Gasteiger partial charge in [0.25, 0.3) is 5.89 Å². The van der Waals surface area contributed by atoms with Gasteiger partial charge in [-0.15, -0.1) is 10.2 Å². The maximum atomic E-state index is 13.0. The number of rotatable bonds is 4. The minimum Gasteiger partial charge on any atom is -0.452 e. The van der Waals surface area contributed by atoms with Crippen molar-refractivity contribution in [3.05, 3.63) is 52.4 Å². The van der Waals surface area contributed by atoms with Crippen LogP contribution >= 0.6 is 0 Å². The lowest BCUT2D eigenvalue weighted by molar-refractivity contribution is 0.0437. The molecule has 4 rings (SSSR count). The third-order valence-electron chi connectivity index (χ3n) is 4.76. The van der Waals surface area contributed by atoms with Crippen LogP contribution in [0.5, 0.6) is 0 Å². The highest BCUT2D eigenvalue weighted by atomic mass is 16.5. The van der Waals surface area contributed by atoms with Gasteiger partial charge < -0.3 is 9.15 Å². The van der Waals surface area contributed by atoms with Gasteiger partial charge >= 0.3 is 5.97 Å². The molecule has 3 aromatic rings. The number of ether oxygens (including phenoxy) is 1. The molecule has 2 heterocycles. The van der Waals surface area contributed by atoms with E-state index in [4.69, 9.17) is 14.1 Å². The summed E-state index contributed by atoms with van der Waals surface area (Å²) in [6.45, 7) is 3.93. The second-order valence-corrected chi connectivity index (χ2v) is 6.66. The van der Waals surface area contributed by atoms with Crippen LogP contribution in [0.15, 0.2) is 22.6 Å². The Bertz CT molecular complexity index is 978. The van der Waals surface area contributed by atoms with Crippen LogP contribution in [-0.2, 0) is 30.6 Å². The molecule has 0 bridgehead atoms. The Morgan fingerprint density at radius 2 is 2.00 bits per heavy atom. The van der Waals surface area contributed by atoms with Crippen LogP contribution in [-0.4, -0.2) is 21.2 Å². The van der Waals surface area contributed by atoms with Crippen molar-refractivity contribution in [1.82, 2.24) is 15.2 Å². The number of hydrogen-bond donors (Lipinski definition) is 0.